The van der Waals surface area contributed by atoms with Gasteiger partial charge in [0, 0.05) is 5.69 Å². The summed E-state index contributed by atoms with van der Waals surface area (Å²) >= 11 is 30.0. The topological polar surface area (TPSA) is 38.3 Å². The van der Waals surface area contributed by atoms with E-state index in [0.29, 0.717) is 5.69 Å². The highest BCUT2D eigenvalue weighted by atomic mass is 35.5. The highest BCUT2D eigenvalue weighted by Crippen LogP contribution is 2.48. The molecule has 0 aliphatic heterocycles. The molecule has 0 aliphatic rings. The first-order valence-electron chi connectivity index (χ1n) is 7.31. The number of hydrogen-bond acceptors (Lipinski definition) is 2. The van der Waals surface area contributed by atoms with Gasteiger partial charge in [-0.3, -0.25) is 4.79 Å². The van der Waals surface area contributed by atoms with Crippen molar-refractivity contribution < 1.29 is 9.53 Å². The van der Waals surface area contributed by atoms with Crippen LogP contribution in [0.3, 0.4) is 0 Å². The Bertz CT molecular complexity index is 977. The largest absolute Gasteiger partial charge is 0.481 e. The summed E-state index contributed by atoms with van der Waals surface area (Å²) in [5, 5.41) is 4.84. The van der Waals surface area contributed by atoms with Crippen LogP contribution < -0.4 is 10.1 Å². The second kappa shape index (κ2) is 8.12. The van der Waals surface area contributed by atoms with Gasteiger partial charge >= 0.3 is 0 Å². The Kier molecular flexibility index (Phi) is 6.06. The number of anilines is 1. The zero-order chi connectivity index (χ0) is 18.8. The van der Waals surface area contributed by atoms with Crippen LogP contribution in [0.5, 0.6) is 5.75 Å². The second-order valence-electron chi connectivity index (χ2n) is 5.30. The number of rotatable bonds is 4. The molecular weight excluding hydrogens is 439 g/mol. The Balaban J connectivity index is 1.73. The molecule has 134 valence electrons. The highest BCUT2D eigenvalue weighted by molar-refractivity contribution is 6.55. The number of ether oxygens (including phenoxy) is 1. The number of hydrogen-bond donors (Lipinski definition) is 1. The summed E-state index contributed by atoms with van der Waals surface area (Å²) in [7, 11) is 0. The van der Waals surface area contributed by atoms with Crippen LogP contribution in [0.2, 0.25) is 25.1 Å². The van der Waals surface area contributed by atoms with Gasteiger partial charge in [-0.05, 0) is 22.9 Å². The van der Waals surface area contributed by atoms with Crippen LogP contribution >= 0.6 is 58.0 Å². The summed E-state index contributed by atoms with van der Waals surface area (Å²) in [6.07, 6.45) is 0. The van der Waals surface area contributed by atoms with Gasteiger partial charge in [-0.25, -0.2) is 0 Å². The van der Waals surface area contributed by atoms with Gasteiger partial charge in [-0.1, -0.05) is 88.3 Å². The van der Waals surface area contributed by atoms with Gasteiger partial charge in [0.1, 0.15) is 10.0 Å². The van der Waals surface area contributed by atoms with Crippen LogP contribution in [0.15, 0.2) is 42.5 Å². The summed E-state index contributed by atoms with van der Waals surface area (Å²) in [6, 6.07) is 13.4. The number of nitrogens with one attached hydrogen (secondary N) is 1. The first-order valence-corrected chi connectivity index (χ1v) is 9.20. The van der Waals surface area contributed by atoms with E-state index < -0.39 is 5.91 Å². The van der Waals surface area contributed by atoms with E-state index in [1.807, 2.05) is 36.4 Å². The summed E-state index contributed by atoms with van der Waals surface area (Å²) in [5.74, 6) is -0.393. The second-order valence-corrected chi connectivity index (χ2v) is 7.19. The molecule has 3 aromatic rings. The molecule has 3 aromatic carbocycles. The van der Waals surface area contributed by atoms with E-state index in [0.717, 1.165) is 10.8 Å². The lowest BCUT2D eigenvalue weighted by Gasteiger charge is -2.13. The molecule has 1 N–H and O–H groups in total. The van der Waals surface area contributed by atoms with Crippen LogP contribution in [0.25, 0.3) is 10.8 Å². The minimum absolute atomic E-state index is 0.00129. The summed E-state index contributed by atoms with van der Waals surface area (Å²) in [6.45, 7) is -0.333. The van der Waals surface area contributed by atoms with E-state index in [9.17, 15) is 4.79 Å². The lowest BCUT2D eigenvalue weighted by atomic mass is 10.1. The fourth-order valence-electron chi connectivity index (χ4n) is 2.31. The Morgan fingerprint density at radius 2 is 1.38 bits per heavy atom. The SMILES string of the molecule is O=C(COc1c(Cl)c(Cl)c(Cl)c(Cl)c1Cl)Nc1ccc2ccccc2c1. The zero-order valence-electron chi connectivity index (χ0n) is 13.0. The number of fused-ring (bicyclic) bond motifs is 1. The van der Waals surface area contributed by atoms with Gasteiger partial charge in [0.2, 0.25) is 0 Å². The van der Waals surface area contributed by atoms with Crippen LogP contribution in [-0.4, -0.2) is 12.5 Å². The number of carbonyl (C=O) groups excluding carboxylic acids is 1. The van der Waals surface area contributed by atoms with Crippen LogP contribution in [0, 0.1) is 0 Å². The molecule has 3 nitrogen and oxygen atoms in total. The summed E-state index contributed by atoms with van der Waals surface area (Å²) < 4.78 is 5.40. The smallest absolute Gasteiger partial charge is 0.262 e. The summed E-state index contributed by atoms with van der Waals surface area (Å²) in [5.41, 5.74) is 0.640. The Morgan fingerprint density at radius 3 is 2.04 bits per heavy atom. The molecule has 26 heavy (non-hydrogen) atoms. The lowest BCUT2D eigenvalue weighted by molar-refractivity contribution is -0.118. The van der Waals surface area contributed by atoms with E-state index in [2.05, 4.69) is 5.32 Å². The minimum Gasteiger partial charge on any atom is -0.481 e. The summed E-state index contributed by atoms with van der Waals surface area (Å²) in [4.78, 5) is 12.2. The van der Waals surface area contributed by atoms with Crippen molar-refractivity contribution in [1.82, 2.24) is 0 Å². The standard InChI is InChI=1S/C18H10Cl5NO2/c19-13-14(20)16(22)18(17(23)15(13)21)26-8-12(25)24-11-6-5-9-3-1-2-4-10(9)7-11/h1-7H,8H2,(H,24,25). The maximum Gasteiger partial charge on any atom is 0.262 e. The van der Waals surface area contributed by atoms with Gasteiger partial charge in [0.15, 0.2) is 12.4 Å². The maximum absolute atomic E-state index is 12.2. The molecule has 0 atom stereocenters. The Morgan fingerprint density at radius 1 is 0.808 bits per heavy atom. The third-order valence-electron chi connectivity index (χ3n) is 3.55. The highest BCUT2D eigenvalue weighted by Gasteiger charge is 2.21. The van der Waals surface area contributed by atoms with Crippen molar-refractivity contribution in [3.8, 4) is 5.75 Å². The van der Waals surface area contributed by atoms with Crippen LogP contribution in [0.4, 0.5) is 5.69 Å². The third kappa shape index (κ3) is 3.98. The van der Waals surface area contributed by atoms with E-state index >= 15 is 0 Å². The van der Waals surface area contributed by atoms with Crippen molar-refractivity contribution in [3.05, 3.63) is 67.6 Å². The molecule has 0 bridgehead atoms. The predicted octanol–water partition coefficient (Wildman–Crippen LogP) is 7.12. The first-order chi connectivity index (χ1) is 12.4. The van der Waals surface area contributed by atoms with Gasteiger partial charge < -0.3 is 10.1 Å². The third-order valence-corrected chi connectivity index (χ3v) is 5.79. The maximum atomic E-state index is 12.2. The van der Waals surface area contributed by atoms with E-state index in [1.165, 1.54) is 0 Å². The van der Waals surface area contributed by atoms with Crippen molar-refractivity contribution in [2.45, 2.75) is 0 Å². The molecule has 8 heteroatoms. The molecule has 1 amide bonds. The van der Waals surface area contributed by atoms with Crippen molar-refractivity contribution in [2.75, 3.05) is 11.9 Å². The number of amides is 1. The normalized spacial score (nSPS) is 10.8. The molecule has 0 spiro atoms. The molecule has 3 rings (SSSR count). The molecule has 0 aliphatic carbocycles. The monoisotopic (exact) mass is 447 g/mol. The Hall–Kier alpha value is -1.36. The quantitative estimate of drug-likeness (QED) is 0.340. The van der Waals surface area contributed by atoms with Crippen LogP contribution in [0.1, 0.15) is 0 Å². The van der Waals surface area contributed by atoms with Crippen LogP contribution in [-0.2, 0) is 4.79 Å². The fourth-order valence-corrected chi connectivity index (χ4v) is 3.54. The van der Waals surface area contributed by atoms with E-state index in [1.54, 1.807) is 6.07 Å². The molecule has 0 fully saturated rings. The van der Waals surface area contributed by atoms with Gasteiger partial charge in [0.05, 0.1) is 15.1 Å². The van der Waals surface area contributed by atoms with Gasteiger partial charge in [0.25, 0.3) is 5.91 Å². The number of benzene rings is 3. The molecule has 0 radical (unpaired) electrons. The van der Waals surface area contributed by atoms with Gasteiger partial charge in [-0.2, -0.15) is 0 Å². The van der Waals surface area contributed by atoms with E-state index in [4.69, 9.17) is 62.7 Å². The first kappa shape index (κ1) is 19.4. The molecule has 0 heterocycles. The molecule has 0 aromatic heterocycles. The minimum atomic E-state index is -0.394. The number of halogens is 5. The van der Waals surface area contributed by atoms with Crippen molar-refractivity contribution in [2.24, 2.45) is 0 Å². The molecule has 0 saturated carbocycles. The predicted molar refractivity (Wildman–Crippen MR) is 110 cm³/mol. The molecule has 0 saturated heterocycles. The van der Waals surface area contributed by atoms with Crippen molar-refractivity contribution in [1.29, 1.82) is 0 Å². The molecule has 0 unspecified atom stereocenters. The average molecular weight is 450 g/mol. The van der Waals surface area contributed by atoms with Crippen molar-refractivity contribution in [3.63, 3.8) is 0 Å². The van der Waals surface area contributed by atoms with Gasteiger partial charge in [-0.15, -0.1) is 0 Å². The zero-order valence-corrected chi connectivity index (χ0v) is 16.7. The Labute approximate surface area is 174 Å². The molecular formula is C18H10Cl5NO2. The fraction of sp³-hybridized carbons (Fsp3) is 0.0556. The lowest BCUT2D eigenvalue weighted by Crippen LogP contribution is -2.20. The number of carbonyl (C=O) groups is 1. The average Bonchev–Trinajstić information content (AvgIpc) is 2.64. The van der Waals surface area contributed by atoms with Crippen molar-refractivity contribution >= 4 is 80.4 Å². The van der Waals surface area contributed by atoms with E-state index in [-0.39, 0.29) is 37.5 Å².